The summed E-state index contributed by atoms with van der Waals surface area (Å²) in [5, 5.41) is 3.01. The number of nitrogens with one attached hydrogen (secondary N) is 2. The molecule has 9 nitrogen and oxygen atoms in total. The minimum atomic E-state index is -4.69. The second-order valence-corrected chi connectivity index (χ2v) is 8.13. The summed E-state index contributed by atoms with van der Waals surface area (Å²) in [6, 6.07) is 11.7. The summed E-state index contributed by atoms with van der Waals surface area (Å²) >= 11 is 6.20. The topological polar surface area (TPSA) is 131 Å². The van der Waals surface area contributed by atoms with Crippen molar-refractivity contribution in [3.05, 3.63) is 64.3 Å². The Morgan fingerprint density at radius 3 is 2.35 bits per heavy atom. The predicted octanol–water partition coefficient (Wildman–Crippen LogP) is 4.16. The average Bonchev–Trinajstić information content (AvgIpc) is 2.67. The number of esters is 1. The van der Waals surface area contributed by atoms with Gasteiger partial charge in [-0.15, -0.1) is 0 Å². The number of aromatic nitrogens is 2. The van der Waals surface area contributed by atoms with E-state index < -0.39 is 16.3 Å². The van der Waals surface area contributed by atoms with Crippen molar-refractivity contribution >= 4 is 45.2 Å². The van der Waals surface area contributed by atoms with Gasteiger partial charge in [-0.05, 0) is 37.1 Å². The molecule has 31 heavy (non-hydrogen) atoms. The minimum Gasteiger partial charge on any atom is -0.465 e. The van der Waals surface area contributed by atoms with Gasteiger partial charge in [-0.1, -0.05) is 35.9 Å². The van der Waals surface area contributed by atoms with Gasteiger partial charge in [-0.3, -0.25) is 9.27 Å². The lowest BCUT2D eigenvalue weighted by Crippen LogP contribution is -2.16. The van der Waals surface area contributed by atoms with Crippen LogP contribution in [0.1, 0.15) is 21.5 Å². The zero-order valence-corrected chi connectivity index (χ0v) is 18.4. The van der Waals surface area contributed by atoms with Crippen molar-refractivity contribution in [1.29, 1.82) is 0 Å². The van der Waals surface area contributed by atoms with Gasteiger partial charge in [-0.2, -0.15) is 8.42 Å². The quantitative estimate of drug-likeness (QED) is 0.283. The highest BCUT2D eigenvalue weighted by atomic mass is 35.5. The van der Waals surface area contributed by atoms with E-state index in [-0.39, 0.29) is 28.0 Å². The fourth-order valence-corrected chi connectivity index (χ4v) is 3.78. The van der Waals surface area contributed by atoms with Gasteiger partial charge in [0.05, 0.1) is 29.7 Å². The smallest absolute Gasteiger partial charge is 0.357 e. The molecule has 1 heterocycles. The van der Waals surface area contributed by atoms with Gasteiger partial charge in [0, 0.05) is 11.6 Å². The zero-order valence-electron chi connectivity index (χ0n) is 16.8. The van der Waals surface area contributed by atoms with Crippen molar-refractivity contribution in [2.24, 2.45) is 0 Å². The summed E-state index contributed by atoms with van der Waals surface area (Å²) in [5.74, 6) is -0.747. The molecule has 0 atom stereocenters. The SMILES string of the molecule is COC(=O)c1cccc(Nc2nc(Cl)cc(-c3c(C)cccc3C)n2)c1NS(=O)(=O)O. The van der Waals surface area contributed by atoms with Gasteiger partial charge in [0.25, 0.3) is 0 Å². The van der Waals surface area contributed by atoms with E-state index in [0.29, 0.717) is 5.69 Å². The van der Waals surface area contributed by atoms with E-state index in [2.05, 4.69) is 20.0 Å². The Balaban J connectivity index is 2.11. The Morgan fingerprint density at radius 1 is 1.10 bits per heavy atom. The Kier molecular flexibility index (Phi) is 6.44. The number of carbonyl (C=O) groups excluding carboxylic acids is 1. The maximum atomic E-state index is 12.1. The molecule has 11 heteroatoms. The van der Waals surface area contributed by atoms with Crippen LogP contribution < -0.4 is 10.0 Å². The largest absolute Gasteiger partial charge is 0.465 e. The lowest BCUT2D eigenvalue weighted by molar-refractivity contribution is 0.0602. The molecular formula is C20H19ClN4O5S. The van der Waals surface area contributed by atoms with Crippen LogP contribution in [0.2, 0.25) is 5.15 Å². The van der Waals surface area contributed by atoms with Gasteiger partial charge < -0.3 is 10.1 Å². The number of hydrogen-bond donors (Lipinski definition) is 3. The molecule has 0 bridgehead atoms. The maximum absolute atomic E-state index is 12.1. The molecule has 0 saturated carbocycles. The number of hydrogen-bond acceptors (Lipinski definition) is 7. The number of halogens is 1. The molecule has 3 N–H and O–H groups in total. The van der Waals surface area contributed by atoms with Crippen molar-refractivity contribution in [3.8, 4) is 11.3 Å². The number of para-hydroxylation sites is 1. The van der Waals surface area contributed by atoms with Gasteiger partial charge in [0.15, 0.2) is 0 Å². The highest BCUT2D eigenvalue weighted by molar-refractivity contribution is 7.87. The van der Waals surface area contributed by atoms with Crippen LogP contribution in [0.4, 0.5) is 17.3 Å². The summed E-state index contributed by atoms with van der Waals surface area (Å²) in [6.07, 6.45) is 0. The van der Waals surface area contributed by atoms with Crippen LogP contribution in [0, 0.1) is 13.8 Å². The van der Waals surface area contributed by atoms with Crippen LogP contribution in [0.3, 0.4) is 0 Å². The molecule has 0 unspecified atom stereocenters. The molecule has 3 rings (SSSR count). The summed E-state index contributed by atoms with van der Waals surface area (Å²) in [5.41, 5.74) is 3.18. The monoisotopic (exact) mass is 462 g/mol. The van der Waals surface area contributed by atoms with E-state index in [9.17, 15) is 17.8 Å². The first-order valence-electron chi connectivity index (χ1n) is 8.94. The number of nitrogens with zero attached hydrogens (tertiary/aromatic N) is 2. The molecule has 0 aliphatic carbocycles. The molecule has 0 aliphatic rings. The third-order valence-corrected chi connectivity index (χ3v) is 5.04. The standard InChI is InChI=1S/C20H19ClN4O5S/c1-11-6-4-7-12(2)17(11)15-10-16(21)24-20(23-15)22-14-9-5-8-13(19(26)30-3)18(14)25-31(27,28)29/h4-10,25H,1-3H3,(H,22,23,24)(H,27,28,29). The number of aryl methyl sites for hydroxylation is 2. The van der Waals surface area contributed by atoms with Crippen LogP contribution in [0.25, 0.3) is 11.3 Å². The molecule has 0 fully saturated rings. The summed E-state index contributed by atoms with van der Waals surface area (Å²) in [6.45, 7) is 3.89. The molecule has 0 radical (unpaired) electrons. The molecule has 162 valence electrons. The summed E-state index contributed by atoms with van der Waals surface area (Å²) in [7, 11) is -3.54. The number of benzene rings is 2. The number of carbonyl (C=O) groups is 1. The normalized spacial score (nSPS) is 11.1. The van der Waals surface area contributed by atoms with Crippen molar-refractivity contribution < 1.29 is 22.5 Å². The number of anilines is 3. The van der Waals surface area contributed by atoms with Crippen LogP contribution in [0.15, 0.2) is 42.5 Å². The molecule has 0 saturated heterocycles. The Labute approximate surface area is 184 Å². The second kappa shape index (κ2) is 8.88. The highest BCUT2D eigenvalue weighted by Crippen LogP contribution is 2.32. The van der Waals surface area contributed by atoms with Gasteiger partial charge in [0.1, 0.15) is 5.15 Å². The van der Waals surface area contributed by atoms with E-state index in [1.807, 2.05) is 36.8 Å². The van der Waals surface area contributed by atoms with Crippen LogP contribution >= 0.6 is 11.6 Å². The Bertz CT molecular complexity index is 1240. The fraction of sp³-hybridized carbons (Fsp3) is 0.150. The van der Waals surface area contributed by atoms with Gasteiger partial charge in [0.2, 0.25) is 5.95 Å². The number of rotatable bonds is 6. The van der Waals surface area contributed by atoms with Crippen molar-refractivity contribution in [3.63, 3.8) is 0 Å². The van der Waals surface area contributed by atoms with Gasteiger partial charge >= 0.3 is 16.3 Å². The first-order valence-corrected chi connectivity index (χ1v) is 10.8. The molecule has 0 spiro atoms. The van der Waals surface area contributed by atoms with Crippen LogP contribution in [-0.2, 0) is 15.0 Å². The predicted molar refractivity (Wildman–Crippen MR) is 118 cm³/mol. The van der Waals surface area contributed by atoms with E-state index in [4.69, 9.17) is 11.6 Å². The average molecular weight is 463 g/mol. The molecule has 0 aliphatic heterocycles. The summed E-state index contributed by atoms with van der Waals surface area (Å²) < 4.78 is 38.8. The third kappa shape index (κ3) is 5.29. The number of ether oxygens (including phenoxy) is 1. The fourth-order valence-electron chi connectivity index (χ4n) is 3.12. The Morgan fingerprint density at radius 2 is 1.74 bits per heavy atom. The molecule has 0 amide bonds. The summed E-state index contributed by atoms with van der Waals surface area (Å²) in [4.78, 5) is 20.7. The second-order valence-electron chi connectivity index (χ2n) is 6.59. The maximum Gasteiger partial charge on any atom is 0.357 e. The molecule has 2 aromatic carbocycles. The zero-order chi connectivity index (χ0) is 22.8. The minimum absolute atomic E-state index is 0.0607. The highest BCUT2D eigenvalue weighted by Gasteiger charge is 2.20. The van der Waals surface area contributed by atoms with Crippen LogP contribution in [0.5, 0.6) is 0 Å². The van der Waals surface area contributed by atoms with E-state index in [1.54, 1.807) is 6.07 Å². The van der Waals surface area contributed by atoms with E-state index >= 15 is 0 Å². The molecule has 3 aromatic rings. The van der Waals surface area contributed by atoms with Gasteiger partial charge in [-0.25, -0.2) is 14.8 Å². The Hall–Kier alpha value is -3.21. The van der Waals surface area contributed by atoms with Crippen molar-refractivity contribution in [1.82, 2.24) is 9.97 Å². The molecule has 1 aromatic heterocycles. The number of methoxy groups -OCH3 is 1. The van der Waals surface area contributed by atoms with Crippen molar-refractivity contribution in [2.75, 3.05) is 17.1 Å². The van der Waals surface area contributed by atoms with Crippen LogP contribution in [-0.4, -0.2) is 36.0 Å². The first-order chi connectivity index (χ1) is 14.6. The molecular weight excluding hydrogens is 444 g/mol. The lowest BCUT2D eigenvalue weighted by Gasteiger charge is -2.16. The van der Waals surface area contributed by atoms with Crippen molar-refractivity contribution in [2.45, 2.75) is 13.8 Å². The third-order valence-electron chi connectivity index (χ3n) is 4.38. The van der Waals surface area contributed by atoms with E-state index in [0.717, 1.165) is 23.8 Å². The van der Waals surface area contributed by atoms with E-state index in [1.165, 1.54) is 18.2 Å². The lowest BCUT2D eigenvalue weighted by atomic mass is 10.00. The first kappa shape index (κ1) is 22.5.